The first-order valence-electron chi connectivity index (χ1n) is 10.4. The molecule has 29 heavy (non-hydrogen) atoms. The van der Waals surface area contributed by atoms with Crippen molar-refractivity contribution in [2.24, 2.45) is 0 Å². The summed E-state index contributed by atoms with van der Waals surface area (Å²) in [6.07, 6.45) is 3.83. The maximum Gasteiger partial charge on any atom is 0.263 e. The summed E-state index contributed by atoms with van der Waals surface area (Å²) < 4.78 is 7.42. The smallest absolute Gasteiger partial charge is 0.263 e. The first kappa shape index (κ1) is 20.1. The van der Waals surface area contributed by atoms with E-state index in [1.54, 1.807) is 18.4 Å². The Kier molecular flexibility index (Phi) is 5.74. The van der Waals surface area contributed by atoms with Crippen LogP contribution in [0.4, 0.5) is 0 Å². The highest BCUT2D eigenvalue weighted by molar-refractivity contribution is 7.17. The van der Waals surface area contributed by atoms with Gasteiger partial charge in [0.25, 0.3) is 5.56 Å². The molecule has 5 nitrogen and oxygen atoms in total. The third-order valence-corrected chi connectivity index (χ3v) is 6.82. The molecule has 0 N–H and O–H groups in total. The number of aromatic nitrogens is 2. The molecule has 3 aromatic rings. The molecular formula is C23H29N3O2S. The van der Waals surface area contributed by atoms with Gasteiger partial charge in [0, 0.05) is 23.4 Å². The van der Waals surface area contributed by atoms with Crippen molar-refractivity contribution in [2.45, 2.75) is 45.6 Å². The van der Waals surface area contributed by atoms with Crippen LogP contribution in [-0.4, -0.2) is 41.7 Å². The quantitative estimate of drug-likeness (QED) is 0.613. The molecule has 0 saturated carbocycles. The van der Waals surface area contributed by atoms with Gasteiger partial charge >= 0.3 is 0 Å². The number of aryl methyl sites for hydroxylation is 2. The lowest BCUT2D eigenvalue weighted by atomic mass is 10.0. The molecule has 0 radical (unpaired) electrons. The van der Waals surface area contributed by atoms with E-state index in [0.29, 0.717) is 0 Å². The Morgan fingerprint density at radius 2 is 2.03 bits per heavy atom. The van der Waals surface area contributed by atoms with E-state index in [1.807, 2.05) is 23.6 Å². The van der Waals surface area contributed by atoms with Crippen LogP contribution in [0.1, 0.15) is 43.6 Å². The highest BCUT2D eigenvalue weighted by Gasteiger charge is 2.25. The van der Waals surface area contributed by atoms with Gasteiger partial charge in [-0.05, 0) is 69.6 Å². The van der Waals surface area contributed by atoms with Crippen LogP contribution in [0.25, 0.3) is 21.3 Å². The number of likely N-dealkylation sites (tertiary alicyclic amines) is 1. The molecule has 154 valence electrons. The molecule has 3 heterocycles. The van der Waals surface area contributed by atoms with Crippen molar-refractivity contribution in [3.05, 3.63) is 45.3 Å². The third kappa shape index (κ3) is 3.71. The van der Waals surface area contributed by atoms with E-state index >= 15 is 0 Å². The summed E-state index contributed by atoms with van der Waals surface area (Å²) in [7, 11) is 3.83. The molecule has 0 amide bonds. The van der Waals surface area contributed by atoms with Crippen LogP contribution >= 0.6 is 11.3 Å². The number of piperidine rings is 1. The maximum absolute atomic E-state index is 13.8. The van der Waals surface area contributed by atoms with Crippen LogP contribution in [0.3, 0.4) is 0 Å². The monoisotopic (exact) mass is 411 g/mol. The maximum atomic E-state index is 13.8. The van der Waals surface area contributed by atoms with E-state index in [-0.39, 0.29) is 11.6 Å². The Morgan fingerprint density at radius 1 is 1.28 bits per heavy atom. The average molecular weight is 412 g/mol. The molecule has 6 heteroatoms. The zero-order chi connectivity index (χ0) is 20.5. The largest absolute Gasteiger partial charge is 0.496 e. The zero-order valence-corrected chi connectivity index (χ0v) is 18.5. The van der Waals surface area contributed by atoms with Crippen molar-refractivity contribution in [1.82, 2.24) is 14.5 Å². The number of hydrogen-bond acceptors (Lipinski definition) is 5. The van der Waals surface area contributed by atoms with Crippen molar-refractivity contribution in [3.8, 4) is 16.9 Å². The highest BCUT2D eigenvalue weighted by Crippen LogP contribution is 2.34. The fourth-order valence-electron chi connectivity index (χ4n) is 4.33. The number of benzene rings is 1. The number of rotatable bonds is 5. The van der Waals surface area contributed by atoms with Crippen molar-refractivity contribution < 1.29 is 4.74 Å². The molecule has 0 atom stereocenters. The van der Waals surface area contributed by atoms with E-state index in [1.165, 1.54) is 0 Å². The molecule has 1 fully saturated rings. The predicted octanol–water partition coefficient (Wildman–Crippen LogP) is 4.66. The van der Waals surface area contributed by atoms with E-state index in [4.69, 9.17) is 9.72 Å². The molecule has 4 rings (SSSR count). The predicted molar refractivity (Wildman–Crippen MR) is 120 cm³/mol. The Labute approximate surface area is 176 Å². The molecule has 0 aliphatic carbocycles. The van der Waals surface area contributed by atoms with Crippen LogP contribution in [0.15, 0.2) is 28.4 Å². The van der Waals surface area contributed by atoms with Crippen molar-refractivity contribution >= 4 is 21.6 Å². The van der Waals surface area contributed by atoms with E-state index in [0.717, 1.165) is 77.3 Å². The van der Waals surface area contributed by atoms with Crippen LogP contribution in [0, 0.1) is 6.92 Å². The minimum Gasteiger partial charge on any atom is -0.496 e. The number of thiophene rings is 1. The number of fused-ring (bicyclic) bond motifs is 1. The summed E-state index contributed by atoms with van der Waals surface area (Å²) in [6.45, 7) is 6.23. The first-order chi connectivity index (χ1) is 14.0. The minimum atomic E-state index is 0.123. The fraction of sp³-hybridized carbons (Fsp3) is 0.478. The molecule has 2 aromatic heterocycles. The fourth-order valence-corrected chi connectivity index (χ4v) is 5.29. The summed E-state index contributed by atoms with van der Waals surface area (Å²) in [4.78, 5) is 21.9. The highest BCUT2D eigenvalue weighted by atomic mass is 32.1. The summed E-state index contributed by atoms with van der Waals surface area (Å²) in [5.41, 5.74) is 3.22. The van der Waals surface area contributed by atoms with Gasteiger partial charge in [0.15, 0.2) is 0 Å². The SMILES string of the molecule is CCCc1nc2scc(-c3ccc(OC)c(C)c3)c2c(=O)n1C1CCN(C)CC1. The van der Waals surface area contributed by atoms with Gasteiger partial charge in [-0.1, -0.05) is 13.0 Å². The zero-order valence-electron chi connectivity index (χ0n) is 17.7. The summed E-state index contributed by atoms with van der Waals surface area (Å²) in [5.74, 6) is 1.80. The standard InChI is InChI=1S/C23H29N3O2S/c1-5-6-20-24-22-21(23(27)26(20)17-9-11-25(3)12-10-17)18(14-29-22)16-7-8-19(28-4)15(2)13-16/h7-8,13-14,17H,5-6,9-12H2,1-4H3. The Balaban J connectivity index is 1.88. The second-order valence-electron chi connectivity index (χ2n) is 8.00. The second kappa shape index (κ2) is 8.28. The normalized spacial score (nSPS) is 15.9. The lowest BCUT2D eigenvalue weighted by molar-refractivity contribution is 0.215. The molecule has 0 unspecified atom stereocenters. The summed E-state index contributed by atoms with van der Waals surface area (Å²) in [6, 6.07) is 6.34. The first-order valence-corrected chi connectivity index (χ1v) is 11.3. The van der Waals surface area contributed by atoms with Crippen LogP contribution in [0.2, 0.25) is 0 Å². The number of methoxy groups -OCH3 is 1. The Bertz CT molecular complexity index is 1080. The van der Waals surface area contributed by atoms with Gasteiger partial charge in [-0.25, -0.2) is 4.98 Å². The number of hydrogen-bond donors (Lipinski definition) is 0. The number of ether oxygens (including phenoxy) is 1. The molecule has 1 aliphatic rings. The molecule has 0 bridgehead atoms. The Hall–Kier alpha value is -2.18. The van der Waals surface area contributed by atoms with Gasteiger partial charge in [0.1, 0.15) is 16.4 Å². The Morgan fingerprint density at radius 3 is 2.69 bits per heavy atom. The van der Waals surface area contributed by atoms with Crippen molar-refractivity contribution in [3.63, 3.8) is 0 Å². The summed E-state index contributed by atoms with van der Waals surface area (Å²) >= 11 is 1.57. The number of nitrogens with zero attached hydrogens (tertiary/aromatic N) is 3. The van der Waals surface area contributed by atoms with Crippen molar-refractivity contribution in [2.75, 3.05) is 27.2 Å². The minimum absolute atomic E-state index is 0.123. The van der Waals surface area contributed by atoms with Gasteiger partial charge in [0.05, 0.1) is 12.5 Å². The third-order valence-electron chi connectivity index (χ3n) is 5.95. The van der Waals surface area contributed by atoms with Crippen LogP contribution in [-0.2, 0) is 6.42 Å². The molecule has 1 aromatic carbocycles. The van der Waals surface area contributed by atoms with Gasteiger partial charge in [-0.3, -0.25) is 9.36 Å². The van der Waals surface area contributed by atoms with E-state index in [2.05, 4.69) is 30.3 Å². The van der Waals surface area contributed by atoms with E-state index < -0.39 is 0 Å². The lowest BCUT2D eigenvalue weighted by Gasteiger charge is -2.31. The second-order valence-corrected chi connectivity index (χ2v) is 8.86. The molecule has 0 spiro atoms. The molecule has 1 aliphatic heterocycles. The van der Waals surface area contributed by atoms with Crippen molar-refractivity contribution in [1.29, 1.82) is 0 Å². The van der Waals surface area contributed by atoms with E-state index in [9.17, 15) is 4.79 Å². The molecule has 1 saturated heterocycles. The lowest BCUT2D eigenvalue weighted by Crippen LogP contribution is -2.37. The van der Waals surface area contributed by atoms with Gasteiger partial charge in [-0.2, -0.15) is 0 Å². The van der Waals surface area contributed by atoms with Gasteiger partial charge < -0.3 is 9.64 Å². The molecular weight excluding hydrogens is 382 g/mol. The topological polar surface area (TPSA) is 47.4 Å². The van der Waals surface area contributed by atoms with Gasteiger partial charge in [0.2, 0.25) is 0 Å². The summed E-state index contributed by atoms with van der Waals surface area (Å²) in [5, 5.41) is 2.84. The van der Waals surface area contributed by atoms with Crippen LogP contribution < -0.4 is 10.3 Å². The average Bonchev–Trinajstić information content (AvgIpc) is 3.14. The van der Waals surface area contributed by atoms with Gasteiger partial charge in [-0.15, -0.1) is 11.3 Å². The van der Waals surface area contributed by atoms with Crippen LogP contribution in [0.5, 0.6) is 5.75 Å².